The Morgan fingerprint density at radius 3 is 2.86 bits per heavy atom. The molecule has 0 spiro atoms. The number of amides is 1. The lowest BCUT2D eigenvalue weighted by Gasteiger charge is -2.19. The molecule has 143 valence electrons. The number of alkyl carbamates (subject to hydrolysis) is 1. The number of oxazole rings is 1. The van der Waals surface area contributed by atoms with Crippen molar-refractivity contribution >= 4 is 28.1 Å². The van der Waals surface area contributed by atoms with E-state index in [1.54, 1.807) is 26.8 Å². The van der Waals surface area contributed by atoms with Crippen LogP contribution in [0.3, 0.4) is 0 Å². The molecular formula is C21H19FN3O3. The first kappa shape index (κ1) is 18.0. The zero-order chi connectivity index (χ0) is 19.9. The van der Waals surface area contributed by atoms with Crippen molar-refractivity contribution < 1.29 is 18.3 Å². The Morgan fingerprint density at radius 2 is 2.07 bits per heavy atom. The van der Waals surface area contributed by atoms with Gasteiger partial charge < -0.3 is 19.5 Å². The van der Waals surface area contributed by atoms with E-state index in [-0.39, 0.29) is 11.7 Å². The number of hydrogen-bond acceptors (Lipinski definition) is 4. The highest BCUT2D eigenvalue weighted by molar-refractivity contribution is 5.97. The van der Waals surface area contributed by atoms with E-state index >= 15 is 0 Å². The average molecular weight is 380 g/mol. The lowest BCUT2D eigenvalue weighted by atomic mass is 10.0. The minimum absolute atomic E-state index is 0.263. The summed E-state index contributed by atoms with van der Waals surface area (Å²) in [6.45, 7) is 6.72. The first-order valence-electron chi connectivity index (χ1n) is 8.79. The van der Waals surface area contributed by atoms with Gasteiger partial charge in [-0.25, -0.2) is 14.2 Å². The molecule has 0 fully saturated rings. The fourth-order valence-corrected chi connectivity index (χ4v) is 2.94. The van der Waals surface area contributed by atoms with Crippen LogP contribution in [0.4, 0.5) is 9.18 Å². The fraction of sp³-hybridized carbons (Fsp3) is 0.190. The third kappa shape index (κ3) is 3.69. The van der Waals surface area contributed by atoms with E-state index in [0.29, 0.717) is 11.1 Å². The number of benzene rings is 2. The molecule has 0 aliphatic carbocycles. The second-order valence-corrected chi connectivity index (χ2v) is 7.42. The fourth-order valence-electron chi connectivity index (χ4n) is 2.94. The van der Waals surface area contributed by atoms with Gasteiger partial charge >= 0.3 is 6.09 Å². The largest absolute Gasteiger partial charge is 0.444 e. The van der Waals surface area contributed by atoms with Crippen LogP contribution in [0.5, 0.6) is 0 Å². The van der Waals surface area contributed by atoms with Gasteiger partial charge in [-0.05, 0) is 56.7 Å². The Hall–Kier alpha value is -3.35. The molecule has 1 amide bonds. The van der Waals surface area contributed by atoms with Crippen molar-refractivity contribution in [2.24, 2.45) is 0 Å². The van der Waals surface area contributed by atoms with E-state index in [9.17, 15) is 9.18 Å². The summed E-state index contributed by atoms with van der Waals surface area (Å²) in [6, 6.07) is 10.2. The summed E-state index contributed by atoms with van der Waals surface area (Å²) in [5, 5.41) is 3.42. The number of H-pyrrole nitrogens is 1. The number of aromatic nitrogens is 2. The van der Waals surface area contributed by atoms with Crippen LogP contribution in [0.15, 0.2) is 47.0 Å². The van der Waals surface area contributed by atoms with E-state index in [1.807, 2.05) is 24.4 Å². The molecule has 2 heterocycles. The number of nitrogens with one attached hydrogen (secondary N) is 2. The predicted octanol–water partition coefficient (Wildman–Crippen LogP) is 5.15. The van der Waals surface area contributed by atoms with Gasteiger partial charge in [-0.15, -0.1) is 0 Å². The first-order chi connectivity index (χ1) is 13.3. The normalized spacial score (nSPS) is 11.9. The molecule has 0 saturated carbocycles. The van der Waals surface area contributed by atoms with E-state index in [1.165, 1.54) is 18.7 Å². The number of carbonyl (C=O) groups excluding carboxylic acids is 1. The van der Waals surface area contributed by atoms with Crippen molar-refractivity contribution in [3.05, 3.63) is 60.8 Å². The van der Waals surface area contributed by atoms with Crippen molar-refractivity contribution in [1.29, 1.82) is 0 Å². The van der Waals surface area contributed by atoms with Crippen LogP contribution >= 0.6 is 0 Å². The summed E-state index contributed by atoms with van der Waals surface area (Å²) in [5.41, 5.74) is 3.22. The molecule has 6 nitrogen and oxygen atoms in total. The number of rotatable bonds is 3. The molecule has 0 bridgehead atoms. The van der Waals surface area contributed by atoms with Crippen LogP contribution in [-0.4, -0.2) is 21.7 Å². The number of halogens is 1. The minimum Gasteiger partial charge on any atom is -0.444 e. The standard InChI is InChI=1S/C21H19FN3O3/c1-21(2,3)28-20(26)24-11-19-25-16-7-4-12(8-18(16)27-19)15-10-23-17-9-13(22)5-6-14(15)17/h4-11,23H,1-3H3,(H,24,26). The molecule has 2 N–H and O–H groups in total. The second-order valence-electron chi connectivity index (χ2n) is 7.42. The molecule has 0 atom stereocenters. The summed E-state index contributed by atoms with van der Waals surface area (Å²) in [7, 11) is 0. The quantitative estimate of drug-likeness (QED) is 0.515. The Balaban J connectivity index is 1.57. The molecule has 4 rings (SSSR count). The van der Waals surface area contributed by atoms with Gasteiger partial charge in [-0.1, -0.05) is 6.07 Å². The van der Waals surface area contributed by atoms with Crippen molar-refractivity contribution in [3.8, 4) is 11.1 Å². The van der Waals surface area contributed by atoms with Crippen molar-refractivity contribution in [1.82, 2.24) is 15.3 Å². The van der Waals surface area contributed by atoms with Crippen molar-refractivity contribution in [3.63, 3.8) is 0 Å². The summed E-state index contributed by atoms with van der Waals surface area (Å²) in [5.74, 6) is -0.0248. The molecule has 4 aromatic rings. The topological polar surface area (TPSA) is 80.1 Å². The Bertz CT molecular complexity index is 1170. The summed E-state index contributed by atoms with van der Waals surface area (Å²) >= 11 is 0. The first-order valence-corrected chi connectivity index (χ1v) is 8.79. The molecule has 0 aliphatic rings. The molecular weight excluding hydrogens is 361 g/mol. The maximum absolute atomic E-state index is 13.4. The van der Waals surface area contributed by atoms with Crippen LogP contribution in [0.1, 0.15) is 26.7 Å². The third-order valence-electron chi connectivity index (χ3n) is 4.07. The molecule has 0 unspecified atom stereocenters. The number of fused-ring (bicyclic) bond motifs is 2. The monoisotopic (exact) mass is 380 g/mol. The zero-order valence-corrected chi connectivity index (χ0v) is 15.7. The highest BCUT2D eigenvalue weighted by Gasteiger charge is 2.17. The second kappa shape index (κ2) is 6.67. The van der Waals surface area contributed by atoms with Gasteiger partial charge in [-0.2, -0.15) is 0 Å². The van der Waals surface area contributed by atoms with E-state index in [0.717, 1.165) is 22.0 Å². The lowest BCUT2D eigenvalue weighted by molar-refractivity contribution is 0.0543. The molecule has 0 saturated heterocycles. The summed E-state index contributed by atoms with van der Waals surface area (Å²) in [6.07, 6.45) is 1.25. The van der Waals surface area contributed by atoms with Gasteiger partial charge in [0.15, 0.2) is 5.58 Å². The highest BCUT2D eigenvalue weighted by atomic mass is 19.1. The highest BCUT2D eigenvalue weighted by Crippen LogP contribution is 2.31. The minimum atomic E-state index is -0.587. The number of nitrogens with zero attached hydrogens (tertiary/aromatic N) is 1. The maximum Gasteiger partial charge on any atom is 0.408 e. The molecule has 1 radical (unpaired) electrons. The number of hydrogen-bond donors (Lipinski definition) is 2. The van der Waals surface area contributed by atoms with E-state index in [2.05, 4.69) is 15.3 Å². The molecule has 0 aliphatic heterocycles. The van der Waals surface area contributed by atoms with Gasteiger partial charge in [0.2, 0.25) is 5.89 Å². The Morgan fingerprint density at radius 1 is 1.25 bits per heavy atom. The van der Waals surface area contributed by atoms with Crippen LogP contribution in [0, 0.1) is 12.4 Å². The van der Waals surface area contributed by atoms with Crippen molar-refractivity contribution in [2.75, 3.05) is 0 Å². The van der Waals surface area contributed by atoms with E-state index < -0.39 is 11.7 Å². The average Bonchev–Trinajstić information content (AvgIpc) is 3.20. The summed E-state index contributed by atoms with van der Waals surface area (Å²) in [4.78, 5) is 19.1. The van der Waals surface area contributed by atoms with Crippen LogP contribution in [0.2, 0.25) is 0 Å². The number of ether oxygens (including phenoxy) is 1. The number of aromatic amines is 1. The zero-order valence-electron chi connectivity index (χ0n) is 15.7. The van der Waals surface area contributed by atoms with Crippen LogP contribution in [0.25, 0.3) is 33.1 Å². The van der Waals surface area contributed by atoms with Crippen molar-refractivity contribution in [2.45, 2.75) is 26.4 Å². The molecule has 2 aromatic heterocycles. The van der Waals surface area contributed by atoms with Gasteiger partial charge in [0.1, 0.15) is 23.5 Å². The third-order valence-corrected chi connectivity index (χ3v) is 4.07. The molecule has 7 heteroatoms. The lowest BCUT2D eigenvalue weighted by Crippen LogP contribution is -2.31. The van der Waals surface area contributed by atoms with Crippen LogP contribution < -0.4 is 5.32 Å². The Labute approximate surface area is 160 Å². The van der Waals surface area contributed by atoms with Gasteiger partial charge in [0, 0.05) is 22.7 Å². The van der Waals surface area contributed by atoms with E-state index in [4.69, 9.17) is 9.15 Å². The Kier molecular flexibility index (Phi) is 4.30. The molecule has 2 aromatic carbocycles. The molecule has 28 heavy (non-hydrogen) atoms. The maximum atomic E-state index is 13.4. The SMILES string of the molecule is CC(C)(C)OC(=O)N[CH]c1nc2ccc(-c3c[nH]c4cc(F)ccc34)cc2o1. The van der Waals surface area contributed by atoms with Gasteiger partial charge in [0.25, 0.3) is 0 Å². The van der Waals surface area contributed by atoms with Gasteiger partial charge in [-0.3, -0.25) is 0 Å². The predicted molar refractivity (Wildman–Crippen MR) is 104 cm³/mol. The summed E-state index contributed by atoms with van der Waals surface area (Å²) < 4.78 is 24.3. The van der Waals surface area contributed by atoms with Gasteiger partial charge in [0.05, 0.1) is 0 Å². The smallest absolute Gasteiger partial charge is 0.408 e. The van der Waals surface area contributed by atoms with Crippen LogP contribution in [-0.2, 0) is 4.74 Å². The number of carbonyl (C=O) groups is 1.